The molecule has 0 aliphatic carbocycles. The van der Waals surface area contributed by atoms with Crippen molar-refractivity contribution in [2.24, 2.45) is 9.46 Å². The van der Waals surface area contributed by atoms with Gasteiger partial charge in [0.1, 0.15) is 5.69 Å². The van der Waals surface area contributed by atoms with E-state index in [1.54, 1.807) is 0 Å². The predicted molar refractivity (Wildman–Crippen MR) is 104 cm³/mol. The third-order valence-corrected chi connectivity index (χ3v) is 8.28. The molecule has 2 atom stereocenters. The highest BCUT2D eigenvalue weighted by Crippen LogP contribution is 2.60. The van der Waals surface area contributed by atoms with Gasteiger partial charge in [-0.3, -0.25) is 4.79 Å². The molecule has 0 aromatic heterocycles. The fourth-order valence-corrected chi connectivity index (χ4v) is 6.51. The molecule has 2 fully saturated rings. The zero-order valence-electron chi connectivity index (χ0n) is 16.2. The Morgan fingerprint density at radius 1 is 1.30 bits per heavy atom. The van der Waals surface area contributed by atoms with E-state index in [0.717, 1.165) is 23.6 Å². The van der Waals surface area contributed by atoms with Gasteiger partial charge in [0.25, 0.3) is 5.79 Å². The van der Waals surface area contributed by atoms with Crippen molar-refractivity contribution < 1.29 is 31.6 Å². The molecule has 0 bridgehead atoms. The molecule has 1 aromatic carbocycles. The molecule has 0 saturated carbocycles. The number of carbonyl (C=O) groups is 1. The number of hydrogen-bond donors (Lipinski definition) is 0. The van der Waals surface area contributed by atoms with Gasteiger partial charge in [0.05, 0.1) is 26.5 Å². The molecule has 3 aliphatic heterocycles. The zero-order chi connectivity index (χ0) is 21.9. The SMILES string of the molecule is COC12OC1(c1ccc(C(F)(F)F)c(N=S3(=O)CCCCC3)c1Cl)C=NN(C)C2=O. The molecule has 0 N–H and O–H groups in total. The van der Waals surface area contributed by atoms with Gasteiger partial charge in [-0.25, -0.2) is 9.22 Å². The first-order chi connectivity index (χ1) is 14.0. The second-order valence-electron chi connectivity index (χ2n) is 7.39. The lowest BCUT2D eigenvalue weighted by Crippen LogP contribution is -2.46. The minimum Gasteiger partial charge on any atom is -0.343 e. The number of halogens is 4. The van der Waals surface area contributed by atoms with E-state index in [1.165, 1.54) is 20.4 Å². The summed E-state index contributed by atoms with van der Waals surface area (Å²) in [7, 11) is -0.241. The number of epoxide rings is 1. The summed E-state index contributed by atoms with van der Waals surface area (Å²) in [5, 5.41) is 4.55. The molecule has 0 radical (unpaired) electrons. The molecule has 12 heteroatoms. The van der Waals surface area contributed by atoms with Crippen molar-refractivity contribution in [3.8, 4) is 0 Å². The number of fused-ring (bicyclic) bond motifs is 1. The maximum Gasteiger partial charge on any atom is 0.418 e. The summed E-state index contributed by atoms with van der Waals surface area (Å²) in [4.78, 5) is 12.6. The monoisotopic (exact) mass is 465 g/mol. The highest BCUT2D eigenvalue weighted by molar-refractivity contribution is 7.93. The minimum absolute atomic E-state index is 0.0433. The lowest BCUT2D eigenvalue weighted by Gasteiger charge is -2.25. The molecule has 164 valence electrons. The van der Waals surface area contributed by atoms with Gasteiger partial charge >= 0.3 is 12.1 Å². The molecule has 7 nitrogen and oxygen atoms in total. The number of hydrazone groups is 1. The first-order valence-electron chi connectivity index (χ1n) is 9.21. The number of ether oxygens (including phenoxy) is 2. The van der Waals surface area contributed by atoms with Crippen LogP contribution in [0.3, 0.4) is 0 Å². The molecular formula is C18H19ClF3N3O4S. The minimum atomic E-state index is -4.76. The van der Waals surface area contributed by atoms with Crippen LogP contribution in [-0.4, -0.2) is 52.8 Å². The maximum absolute atomic E-state index is 13.7. The van der Waals surface area contributed by atoms with Crippen LogP contribution in [0.4, 0.5) is 18.9 Å². The van der Waals surface area contributed by atoms with Crippen molar-refractivity contribution >= 4 is 39.1 Å². The Kier molecular flexibility index (Phi) is 4.96. The van der Waals surface area contributed by atoms with E-state index in [9.17, 15) is 22.2 Å². The predicted octanol–water partition coefficient (Wildman–Crippen LogP) is 3.67. The van der Waals surface area contributed by atoms with E-state index in [-0.39, 0.29) is 22.1 Å². The number of amides is 1. The fourth-order valence-electron chi connectivity index (χ4n) is 3.89. The largest absolute Gasteiger partial charge is 0.418 e. The van der Waals surface area contributed by atoms with E-state index >= 15 is 0 Å². The molecular weight excluding hydrogens is 447 g/mol. The number of nitrogens with zero attached hydrogens (tertiary/aromatic N) is 3. The van der Waals surface area contributed by atoms with Crippen molar-refractivity contribution in [3.05, 3.63) is 28.3 Å². The Hall–Kier alpha value is -1.69. The summed E-state index contributed by atoms with van der Waals surface area (Å²) in [6.45, 7) is 0. The van der Waals surface area contributed by atoms with E-state index in [0.29, 0.717) is 12.8 Å². The quantitative estimate of drug-likeness (QED) is 0.638. The second kappa shape index (κ2) is 6.91. The van der Waals surface area contributed by atoms with Gasteiger partial charge in [-0.2, -0.15) is 22.6 Å². The zero-order valence-corrected chi connectivity index (χ0v) is 17.7. The lowest BCUT2D eigenvalue weighted by atomic mass is 9.91. The third kappa shape index (κ3) is 3.05. The smallest absolute Gasteiger partial charge is 0.343 e. The summed E-state index contributed by atoms with van der Waals surface area (Å²) in [5.74, 6) is -1.99. The summed E-state index contributed by atoms with van der Waals surface area (Å²) in [6.07, 6.45) is -1.41. The van der Waals surface area contributed by atoms with Crippen LogP contribution in [0.25, 0.3) is 0 Å². The number of carbonyl (C=O) groups excluding carboxylic acids is 1. The molecule has 1 amide bonds. The number of likely N-dealkylation sites (N-methyl/N-ethyl adjacent to an activating group) is 1. The van der Waals surface area contributed by atoms with E-state index in [4.69, 9.17) is 21.1 Å². The average Bonchev–Trinajstić information content (AvgIpc) is 3.37. The summed E-state index contributed by atoms with van der Waals surface area (Å²) >= 11 is 6.41. The van der Waals surface area contributed by atoms with Crippen molar-refractivity contribution in [3.63, 3.8) is 0 Å². The topological polar surface area (TPSA) is 83.9 Å². The highest BCUT2D eigenvalue weighted by Gasteiger charge is 2.80. The van der Waals surface area contributed by atoms with E-state index < -0.39 is 44.5 Å². The Morgan fingerprint density at radius 3 is 2.57 bits per heavy atom. The van der Waals surface area contributed by atoms with E-state index in [1.807, 2.05) is 0 Å². The third-order valence-electron chi connectivity index (χ3n) is 5.53. The van der Waals surface area contributed by atoms with Gasteiger partial charge in [0, 0.05) is 31.2 Å². The first kappa shape index (κ1) is 21.5. The van der Waals surface area contributed by atoms with Crippen LogP contribution in [0.2, 0.25) is 5.02 Å². The lowest BCUT2D eigenvalue weighted by molar-refractivity contribution is -0.153. The fraction of sp³-hybridized carbons (Fsp3) is 0.556. The van der Waals surface area contributed by atoms with Gasteiger partial charge in [0.2, 0.25) is 0 Å². The van der Waals surface area contributed by atoms with Crippen molar-refractivity contribution in [2.75, 3.05) is 25.7 Å². The van der Waals surface area contributed by atoms with Gasteiger partial charge in [0.15, 0.2) is 5.60 Å². The number of alkyl halides is 3. The van der Waals surface area contributed by atoms with Crippen molar-refractivity contribution in [2.45, 2.75) is 36.8 Å². The van der Waals surface area contributed by atoms with Gasteiger partial charge in [-0.15, -0.1) is 0 Å². The van der Waals surface area contributed by atoms with E-state index in [2.05, 4.69) is 9.46 Å². The van der Waals surface area contributed by atoms with Crippen LogP contribution < -0.4 is 0 Å². The Bertz CT molecular complexity index is 1060. The number of methoxy groups -OCH3 is 1. The van der Waals surface area contributed by atoms with Crippen LogP contribution in [0.5, 0.6) is 0 Å². The maximum atomic E-state index is 13.7. The van der Waals surface area contributed by atoms with Gasteiger partial charge in [-0.05, 0) is 18.9 Å². The Labute approximate surface area is 176 Å². The molecule has 1 aromatic rings. The summed E-state index contributed by atoms with van der Waals surface area (Å²) in [5.41, 5.74) is -3.25. The molecule has 4 rings (SSSR count). The molecule has 0 spiro atoms. The highest BCUT2D eigenvalue weighted by atomic mass is 35.5. The van der Waals surface area contributed by atoms with Crippen LogP contribution in [0.1, 0.15) is 30.4 Å². The summed E-state index contributed by atoms with van der Waals surface area (Å²) < 4.78 is 69.1. The second-order valence-corrected chi connectivity index (χ2v) is 10.3. The molecule has 2 saturated heterocycles. The van der Waals surface area contributed by atoms with Crippen molar-refractivity contribution in [1.82, 2.24) is 5.01 Å². The standard InChI is InChI=1S/C18H19ClF3N3O4S/c1-25-15(26)17(28-2)16(29-17,10-23-25)11-6-7-12(18(20,21)22)14(13(11)19)24-30(27)8-4-3-5-9-30/h6-7,10H,3-5,8-9H2,1-2H3. The van der Waals surface area contributed by atoms with Crippen molar-refractivity contribution in [1.29, 1.82) is 0 Å². The van der Waals surface area contributed by atoms with Gasteiger partial charge in [-0.1, -0.05) is 24.1 Å². The molecule has 3 heterocycles. The molecule has 3 aliphatic rings. The first-order valence-corrected chi connectivity index (χ1v) is 11.4. The molecule has 2 unspecified atom stereocenters. The normalized spacial score (nSPS) is 30.2. The number of hydrogen-bond acceptors (Lipinski definition) is 6. The van der Waals surface area contributed by atoms with Crippen LogP contribution in [-0.2, 0) is 35.8 Å². The number of benzene rings is 1. The Balaban J connectivity index is 1.93. The van der Waals surface area contributed by atoms with Crippen LogP contribution in [0, 0.1) is 0 Å². The van der Waals surface area contributed by atoms with Gasteiger partial charge < -0.3 is 9.47 Å². The average molecular weight is 466 g/mol. The number of rotatable bonds is 3. The molecule has 30 heavy (non-hydrogen) atoms. The Morgan fingerprint density at radius 2 is 1.97 bits per heavy atom. The van der Waals surface area contributed by atoms with Crippen LogP contribution >= 0.6 is 11.6 Å². The summed E-state index contributed by atoms with van der Waals surface area (Å²) in [6, 6.07) is 1.92. The van der Waals surface area contributed by atoms with Crippen LogP contribution in [0.15, 0.2) is 21.6 Å².